The van der Waals surface area contributed by atoms with Gasteiger partial charge < -0.3 is 29.3 Å². The zero-order chi connectivity index (χ0) is 62.5. The van der Waals surface area contributed by atoms with Crippen molar-refractivity contribution >= 4 is 96.6 Å². The molecule has 0 amide bonds. The van der Waals surface area contributed by atoms with Crippen LogP contribution < -0.4 is 23.8 Å². The summed E-state index contributed by atoms with van der Waals surface area (Å²) in [6.07, 6.45) is 18.6. The summed E-state index contributed by atoms with van der Waals surface area (Å²) in [5.41, 5.74) is -0.288. The number of azo groups is 1. The topological polar surface area (TPSA) is 272 Å². The lowest BCUT2D eigenvalue weighted by molar-refractivity contribution is 0.0730. The van der Waals surface area contributed by atoms with Gasteiger partial charge in [-0.2, -0.15) is 9.42 Å². The lowest BCUT2D eigenvalue weighted by Gasteiger charge is -2.34. The number of phenols is 2. The molecule has 0 aliphatic carbocycles. The van der Waals surface area contributed by atoms with E-state index in [2.05, 4.69) is 65.9 Å². The Bertz CT molecular complexity index is 3640. The van der Waals surface area contributed by atoms with Gasteiger partial charge in [0.05, 0.1) is 78.4 Å². The molecular weight excluding hydrogens is 1200 g/mol. The van der Waals surface area contributed by atoms with Crippen molar-refractivity contribution in [1.82, 2.24) is 4.31 Å². The number of nitrogens with zero attached hydrogens (tertiary/aromatic N) is 4. The monoisotopic (exact) mass is 1290 g/mol. The zero-order valence-corrected chi connectivity index (χ0v) is 54.6. The maximum Gasteiger partial charge on any atom is 0.264 e. The number of morpholine rings is 2. The van der Waals surface area contributed by atoms with E-state index in [4.69, 9.17) is 25.8 Å². The lowest BCUT2D eigenvalue weighted by Crippen LogP contribution is -2.40. The number of hydrogen-bond donors (Lipinski definition) is 5. The fourth-order valence-electron chi connectivity index (χ4n) is 11.2. The van der Waals surface area contributed by atoms with Crippen molar-refractivity contribution in [3.8, 4) is 17.2 Å². The van der Waals surface area contributed by atoms with Crippen LogP contribution >= 0.6 is 11.6 Å². The van der Waals surface area contributed by atoms with Crippen LogP contribution in [-0.4, -0.2) is 114 Å². The fourth-order valence-corrected chi connectivity index (χ4v) is 16.2. The van der Waals surface area contributed by atoms with Gasteiger partial charge in [0.1, 0.15) is 31.9 Å². The van der Waals surface area contributed by atoms with Gasteiger partial charge >= 0.3 is 0 Å². The number of ether oxygens (including phenoxy) is 3. The van der Waals surface area contributed by atoms with Crippen LogP contribution in [0.5, 0.6) is 17.2 Å². The molecule has 2 heterocycles. The van der Waals surface area contributed by atoms with Crippen LogP contribution in [0.2, 0.25) is 5.02 Å². The molecule has 2 aliphatic heterocycles. The molecule has 7 rings (SSSR count). The van der Waals surface area contributed by atoms with E-state index in [0.29, 0.717) is 38.7 Å². The second-order valence-electron chi connectivity index (χ2n) is 24.1. The van der Waals surface area contributed by atoms with E-state index in [9.17, 15) is 43.9 Å². The molecule has 2 aliphatic rings. The van der Waals surface area contributed by atoms with Gasteiger partial charge in [-0.25, -0.2) is 33.7 Å². The average molecular weight is 1290 g/mol. The maximum absolute atomic E-state index is 14.9. The summed E-state index contributed by atoms with van der Waals surface area (Å²) < 4.78 is 138. The Morgan fingerprint density at radius 1 is 0.628 bits per heavy atom. The summed E-state index contributed by atoms with van der Waals surface area (Å²) >= 11 is 6.58. The van der Waals surface area contributed by atoms with E-state index >= 15 is 0 Å². The highest BCUT2D eigenvalue weighted by Crippen LogP contribution is 2.47. The van der Waals surface area contributed by atoms with Crippen molar-refractivity contribution in [2.75, 3.05) is 84.5 Å². The number of halogens is 1. The third kappa shape index (κ3) is 18.5. The molecular formula is C61H86ClN7O13S4. The summed E-state index contributed by atoms with van der Waals surface area (Å²) in [6, 6.07) is 16.1. The molecule has 5 aromatic carbocycles. The average Bonchev–Trinajstić information content (AvgIpc) is 0.989. The second kappa shape index (κ2) is 29.7. The molecule has 86 heavy (non-hydrogen) atoms. The van der Waals surface area contributed by atoms with Crippen LogP contribution in [0.4, 0.5) is 34.1 Å². The fraction of sp³-hybridized carbons (Fsp3) is 0.541. The number of nitrogens with one attached hydrogen (secondary N) is 3. The summed E-state index contributed by atoms with van der Waals surface area (Å²) in [7, 11) is -17.6. The minimum atomic E-state index is -4.68. The van der Waals surface area contributed by atoms with Crippen LogP contribution in [-0.2, 0) is 55.0 Å². The number of aromatic hydroxyl groups is 2. The minimum Gasteiger partial charge on any atom is -0.506 e. The van der Waals surface area contributed by atoms with Crippen LogP contribution in [0.25, 0.3) is 10.8 Å². The SMILES string of the molecule is CCCCCCCCCCCCCCCCOc1cc(NS(=O)(=O)c2cc(NS(=O)(=O)c3cc(N=Nc4cc(S(=O)(=O)N5CCOCC5)c(O)c5cccc(NS(C)(=O)=O)c45)ccc3Cl)ccc2N2CCOCC2)c(O)cc1C(C)(C)CC(C)(C)C. The zero-order valence-electron chi connectivity index (χ0n) is 50.6. The summed E-state index contributed by atoms with van der Waals surface area (Å²) in [4.78, 5) is 0.466. The van der Waals surface area contributed by atoms with E-state index in [1.54, 1.807) is 6.07 Å². The highest BCUT2D eigenvalue weighted by molar-refractivity contribution is 7.93. The molecule has 25 heteroatoms. The Labute approximate surface area is 514 Å². The largest absolute Gasteiger partial charge is 0.506 e. The number of rotatable bonds is 31. The predicted octanol–water partition coefficient (Wildman–Crippen LogP) is 13.7. The number of hydrogen-bond acceptors (Lipinski definition) is 16. The van der Waals surface area contributed by atoms with Crippen molar-refractivity contribution in [3.63, 3.8) is 0 Å². The molecule has 0 atom stereocenters. The highest BCUT2D eigenvalue weighted by atomic mass is 35.5. The van der Waals surface area contributed by atoms with Crippen LogP contribution in [0, 0.1) is 5.41 Å². The third-order valence-electron chi connectivity index (χ3n) is 15.1. The summed E-state index contributed by atoms with van der Waals surface area (Å²) in [5.74, 6) is -0.552. The van der Waals surface area contributed by atoms with Crippen molar-refractivity contribution in [3.05, 3.63) is 83.4 Å². The molecule has 0 unspecified atom stereocenters. The Kier molecular flexibility index (Phi) is 23.5. The first kappa shape index (κ1) is 68.0. The summed E-state index contributed by atoms with van der Waals surface area (Å²) in [5, 5.41) is 31.4. The van der Waals surface area contributed by atoms with Gasteiger partial charge in [-0.1, -0.05) is 149 Å². The molecule has 0 radical (unpaired) electrons. The molecule has 0 aromatic heterocycles. The quantitative estimate of drug-likeness (QED) is 0.0157. The Morgan fingerprint density at radius 2 is 1.22 bits per heavy atom. The molecule has 5 N–H and O–H groups in total. The molecule has 2 saturated heterocycles. The van der Waals surface area contributed by atoms with Gasteiger partial charge in [0.15, 0.2) is 0 Å². The van der Waals surface area contributed by atoms with Gasteiger partial charge in [-0.3, -0.25) is 14.2 Å². The Hall–Kier alpha value is -5.47. The minimum absolute atomic E-state index is 0.000500. The number of unbranched alkanes of at least 4 members (excludes halogenated alkanes) is 13. The van der Waals surface area contributed by atoms with E-state index in [1.165, 1.54) is 119 Å². The van der Waals surface area contributed by atoms with Gasteiger partial charge in [-0.05, 0) is 78.3 Å². The smallest absolute Gasteiger partial charge is 0.264 e. The molecule has 5 aromatic rings. The first-order valence-electron chi connectivity index (χ1n) is 29.7. The molecule has 474 valence electrons. The molecule has 0 bridgehead atoms. The van der Waals surface area contributed by atoms with E-state index < -0.39 is 61.0 Å². The Morgan fingerprint density at radius 3 is 1.83 bits per heavy atom. The summed E-state index contributed by atoms with van der Waals surface area (Å²) in [6.45, 7) is 14.7. The number of anilines is 4. The normalized spacial score (nSPS) is 15.1. The molecule has 0 spiro atoms. The third-order valence-corrected chi connectivity index (χ3v) is 20.9. The second-order valence-corrected chi connectivity index (χ2v) is 31.5. The van der Waals surface area contributed by atoms with Gasteiger partial charge in [0.25, 0.3) is 20.0 Å². The van der Waals surface area contributed by atoms with Crippen LogP contribution in [0.3, 0.4) is 0 Å². The highest BCUT2D eigenvalue weighted by Gasteiger charge is 2.34. The van der Waals surface area contributed by atoms with Gasteiger partial charge in [0.2, 0.25) is 20.0 Å². The molecule has 0 saturated carbocycles. The first-order valence-corrected chi connectivity index (χ1v) is 36.4. The number of benzene rings is 5. The lowest BCUT2D eigenvalue weighted by atomic mass is 9.72. The van der Waals surface area contributed by atoms with E-state index in [1.807, 2.05) is 4.90 Å². The van der Waals surface area contributed by atoms with Crippen molar-refractivity contribution in [2.24, 2.45) is 15.6 Å². The Balaban J connectivity index is 1.15. The first-order chi connectivity index (χ1) is 40.6. The van der Waals surface area contributed by atoms with E-state index in [-0.39, 0.29) is 92.3 Å². The maximum atomic E-state index is 14.9. The van der Waals surface area contributed by atoms with E-state index in [0.717, 1.165) is 60.4 Å². The van der Waals surface area contributed by atoms with Crippen LogP contribution in [0.15, 0.2) is 97.7 Å². The van der Waals surface area contributed by atoms with Crippen molar-refractivity contribution < 1.29 is 58.1 Å². The molecule has 2 fully saturated rings. The van der Waals surface area contributed by atoms with Gasteiger partial charge in [0, 0.05) is 48.6 Å². The standard InChI is InChI=1S/C61H86ClN7O13S4/c1-8-9-10-11-12-13-14-15-16-17-18-19-20-21-33-82-54-41-50(53(70)40-47(54)61(5,6)43-60(2,3)4)67-85(76,77)56-39-45(26-28-52(56)68-29-34-80-35-30-68)65-84(74,75)55-38-44(25-27-48(55)62)63-64-51-42-57(86(78,79)69-31-36-81-37-32-69)59(71)46-23-22-24-49(58(46)51)66-83(7,72)73/h22-28,38-42,65-67,70-71H,8-21,29-37,43H2,1-7H3. The van der Waals surface area contributed by atoms with Crippen molar-refractivity contribution in [1.29, 1.82) is 0 Å². The number of sulfonamides is 4. The predicted molar refractivity (Wildman–Crippen MR) is 341 cm³/mol. The van der Waals surface area contributed by atoms with Crippen molar-refractivity contribution in [2.45, 2.75) is 158 Å². The number of phenolic OH excluding ortho intramolecular Hbond substituents is 2. The van der Waals surface area contributed by atoms with Crippen LogP contribution in [0.1, 0.15) is 143 Å². The molecule has 20 nitrogen and oxygen atoms in total. The van der Waals surface area contributed by atoms with Gasteiger partial charge in [-0.15, -0.1) is 5.11 Å². The number of fused-ring (bicyclic) bond motifs is 1.